The summed E-state index contributed by atoms with van der Waals surface area (Å²) in [6.07, 6.45) is 0.989. The summed E-state index contributed by atoms with van der Waals surface area (Å²) >= 11 is 0. The molecule has 0 fully saturated rings. The zero-order chi connectivity index (χ0) is 13.6. The van der Waals surface area contributed by atoms with E-state index in [1.54, 1.807) is 0 Å². The molecule has 0 saturated heterocycles. The predicted molar refractivity (Wildman–Crippen MR) is 78.2 cm³/mol. The number of hydrogen-bond acceptors (Lipinski definition) is 2. The van der Waals surface area contributed by atoms with E-state index in [4.69, 9.17) is 4.74 Å². The Labute approximate surface area is 111 Å². The van der Waals surface area contributed by atoms with Crippen molar-refractivity contribution in [3.63, 3.8) is 0 Å². The van der Waals surface area contributed by atoms with E-state index in [1.807, 2.05) is 18.2 Å². The first-order valence-electron chi connectivity index (χ1n) is 6.55. The van der Waals surface area contributed by atoms with E-state index in [0.717, 1.165) is 24.3 Å². The van der Waals surface area contributed by atoms with Gasteiger partial charge >= 0.3 is 0 Å². The summed E-state index contributed by atoms with van der Waals surface area (Å²) in [5, 5.41) is 3.41. The van der Waals surface area contributed by atoms with Crippen molar-refractivity contribution in [1.29, 1.82) is 0 Å². The monoisotopic (exact) mass is 247 g/mol. The smallest absolute Gasteiger partial charge is 0.122 e. The molecule has 0 aliphatic rings. The molecule has 0 heterocycles. The molecule has 0 atom stereocenters. The molecule has 1 aromatic rings. The lowest BCUT2D eigenvalue weighted by atomic mass is 10.1. The van der Waals surface area contributed by atoms with Crippen LogP contribution in [0.15, 0.2) is 36.4 Å². The van der Waals surface area contributed by atoms with Gasteiger partial charge in [-0.15, -0.1) is 0 Å². The topological polar surface area (TPSA) is 21.3 Å². The molecule has 2 nitrogen and oxygen atoms in total. The number of ether oxygens (including phenoxy) is 1. The zero-order valence-corrected chi connectivity index (χ0v) is 12.0. The van der Waals surface area contributed by atoms with Crippen LogP contribution in [0.25, 0.3) is 0 Å². The molecule has 0 saturated carbocycles. The van der Waals surface area contributed by atoms with Crippen molar-refractivity contribution >= 4 is 0 Å². The molecule has 1 N–H and O–H groups in total. The highest BCUT2D eigenvalue weighted by Crippen LogP contribution is 2.18. The summed E-state index contributed by atoms with van der Waals surface area (Å²) in [5.74, 6) is 0.969. The Morgan fingerprint density at radius 2 is 1.94 bits per heavy atom. The van der Waals surface area contributed by atoms with E-state index in [9.17, 15) is 0 Å². The van der Waals surface area contributed by atoms with Crippen LogP contribution in [0.5, 0.6) is 5.75 Å². The van der Waals surface area contributed by atoms with Gasteiger partial charge in [-0.2, -0.15) is 0 Å². The van der Waals surface area contributed by atoms with Crippen LogP contribution in [0.4, 0.5) is 0 Å². The summed E-state index contributed by atoms with van der Waals surface area (Å²) in [6.45, 7) is 14.0. The van der Waals surface area contributed by atoms with Gasteiger partial charge in [-0.25, -0.2) is 0 Å². The van der Waals surface area contributed by atoms with Crippen LogP contribution in [0.2, 0.25) is 0 Å². The molecular weight excluding hydrogens is 222 g/mol. The van der Waals surface area contributed by atoms with Crippen LogP contribution in [0.3, 0.4) is 0 Å². The van der Waals surface area contributed by atoms with Crippen molar-refractivity contribution in [3.05, 3.63) is 42.0 Å². The first-order valence-corrected chi connectivity index (χ1v) is 6.55. The average Bonchev–Trinajstić information content (AvgIpc) is 2.33. The van der Waals surface area contributed by atoms with Crippen LogP contribution in [0.1, 0.15) is 33.3 Å². The van der Waals surface area contributed by atoms with Gasteiger partial charge in [-0.1, -0.05) is 31.7 Å². The average molecular weight is 247 g/mol. The highest BCUT2D eigenvalue weighted by atomic mass is 16.5. The molecule has 0 amide bonds. The lowest BCUT2D eigenvalue weighted by molar-refractivity contribution is 0.338. The van der Waals surface area contributed by atoms with Gasteiger partial charge in [0.15, 0.2) is 0 Å². The zero-order valence-electron chi connectivity index (χ0n) is 12.0. The highest BCUT2D eigenvalue weighted by Gasteiger charge is 2.09. The summed E-state index contributed by atoms with van der Waals surface area (Å²) in [6, 6.07) is 8.17. The molecule has 100 valence electrons. The van der Waals surface area contributed by atoms with Gasteiger partial charge in [0.25, 0.3) is 0 Å². The second kappa shape index (κ2) is 6.60. The maximum absolute atomic E-state index is 5.82. The summed E-state index contributed by atoms with van der Waals surface area (Å²) in [5.41, 5.74) is 2.43. The predicted octanol–water partition coefficient (Wildman–Crippen LogP) is 3.57. The Bertz CT molecular complexity index is 390. The van der Waals surface area contributed by atoms with E-state index in [-0.39, 0.29) is 5.54 Å². The molecule has 0 spiro atoms. The standard InChI is InChI=1S/C16H25NO/c1-6-14-9-7-8-10-15(14)18-12-13(2)11-17-16(3,4)5/h7-10,17H,2,6,11-12H2,1,3-5H3. The fraction of sp³-hybridized carbons (Fsp3) is 0.500. The summed E-state index contributed by atoms with van der Waals surface area (Å²) in [4.78, 5) is 0. The first-order chi connectivity index (χ1) is 8.42. The van der Waals surface area contributed by atoms with E-state index >= 15 is 0 Å². The van der Waals surface area contributed by atoms with Crippen LogP contribution in [-0.2, 0) is 6.42 Å². The van der Waals surface area contributed by atoms with Crippen LogP contribution in [0, 0.1) is 0 Å². The van der Waals surface area contributed by atoms with Gasteiger partial charge < -0.3 is 10.1 Å². The van der Waals surface area contributed by atoms with Gasteiger partial charge in [0.1, 0.15) is 12.4 Å². The lowest BCUT2D eigenvalue weighted by Gasteiger charge is -2.21. The molecule has 2 heteroatoms. The van der Waals surface area contributed by atoms with Gasteiger partial charge in [-0.05, 0) is 44.4 Å². The molecule has 1 rings (SSSR count). The Hall–Kier alpha value is -1.28. The van der Waals surface area contributed by atoms with Crippen molar-refractivity contribution in [3.8, 4) is 5.75 Å². The minimum atomic E-state index is 0.115. The number of aryl methyl sites for hydroxylation is 1. The highest BCUT2D eigenvalue weighted by molar-refractivity contribution is 5.33. The summed E-state index contributed by atoms with van der Waals surface area (Å²) < 4.78 is 5.82. The third-order valence-electron chi connectivity index (χ3n) is 2.65. The first kappa shape index (κ1) is 14.8. The largest absolute Gasteiger partial charge is 0.489 e. The minimum absolute atomic E-state index is 0.115. The normalized spacial score (nSPS) is 11.3. The Kier molecular flexibility index (Phi) is 5.42. The van der Waals surface area contributed by atoms with Crippen molar-refractivity contribution in [2.75, 3.05) is 13.2 Å². The van der Waals surface area contributed by atoms with E-state index in [2.05, 4.69) is 45.7 Å². The SMILES string of the molecule is C=C(CNC(C)(C)C)COc1ccccc1CC. The molecule has 0 aliphatic carbocycles. The van der Waals surface area contributed by atoms with Gasteiger partial charge in [0.05, 0.1) is 0 Å². The fourth-order valence-electron chi connectivity index (χ4n) is 1.56. The Morgan fingerprint density at radius 1 is 1.28 bits per heavy atom. The second-order valence-corrected chi connectivity index (χ2v) is 5.60. The number of rotatable bonds is 6. The third-order valence-corrected chi connectivity index (χ3v) is 2.65. The van der Waals surface area contributed by atoms with Crippen molar-refractivity contribution in [2.24, 2.45) is 0 Å². The lowest BCUT2D eigenvalue weighted by Crippen LogP contribution is -2.37. The maximum atomic E-state index is 5.82. The number of hydrogen-bond donors (Lipinski definition) is 1. The van der Waals surface area contributed by atoms with Crippen molar-refractivity contribution in [1.82, 2.24) is 5.32 Å². The van der Waals surface area contributed by atoms with Gasteiger partial charge in [-0.3, -0.25) is 0 Å². The third kappa shape index (κ3) is 5.37. The number of para-hydroxylation sites is 1. The quantitative estimate of drug-likeness (QED) is 0.776. The number of benzene rings is 1. The molecular formula is C16H25NO. The van der Waals surface area contributed by atoms with E-state index in [1.165, 1.54) is 5.56 Å². The number of nitrogens with one attached hydrogen (secondary N) is 1. The van der Waals surface area contributed by atoms with E-state index < -0.39 is 0 Å². The van der Waals surface area contributed by atoms with Gasteiger partial charge in [0, 0.05) is 12.1 Å². The molecule has 0 aromatic heterocycles. The summed E-state index contributed by atoms with van der Waals surface area (Å²) in [7, 11) is 0. The molecule has 1 aromatic carbocycles. The second-order valence-electron chi connectivity index (χ2n) is 5.60. The molecule has 0 unspecified atom stereocenters. The Morgan fingerprint density at radius 3 is 2.56 bits per heavy atom. The van der Waals surface area contributed by atoms with Crippen molar-refractivity contribution in [2.45, 2.75) is 39.7 Å². The fourth-order valence-corrected chi connectivity index (χ4v) is 1.56. The molecule has 0 aliphatic heterocycles. The Balaban J connectivity index is 2.43. The van der Waals surface area contributed by atoms with Crippen LogP contribution in [-0.4, -0.2) is 18.7 Å². The minimum Gasteiger partial charge on any atom is -0.489 e. The molecule has 0 bridgehead atoms. The maximum Gasteiger partial charge on any atom is 0.122 e. The molecule has 18 heavy (non-hydrogen) atoms. The van der Waals surface area contributed by atoms with E-state index in [0.29, 0.717) is 6.61 Å². The van der Waals surface area contributed by atoms with Crippen LogP contribution < -0.4 is 10.1 Å². The molecule has 0 radical (unpaired) electrons. The van der Waals surface area contributed by atoms with Gasteiger partial charge in [0.2, 0.25) is 0 Å². The van der Waals surface area contributed by atoms with Crippen LogP contribution >= 0.6 is 0 Å². The van der Waals surface area contributed by atoms with Crippen molar-refractivity contribution < 1.29 is 4.74 Å².